The van der Waals surface area contributed by atoms with Gasteiger partial charge in [0.25, 0.3) is 0 Å². The van der Waals surface area contributed by atoms with Crippen LogP contribution in [-0.2, 0) is 15.6 Å². The molecule has 0 N–H and O–H groups in total. The lowest BCUT2D eigenvalue weighted by molar-refractivity contribution is 0.369. The van der Waals surface area contributed by atoms with Crippen molar-refractivity contribution >= 4 is 9.84 Å². The van der Waals surface area contributed by atoms with Crippen LogP contribution in [0.25, 0.3) is 0 Å². The Morgan fingerprint density at radius 3 is 2.35 bits per heavy atom. The molecule has 0 unspecified atom stereocenters. The first-order chi connectivity index (χ1) is 9.40. The van der Waals surface area contributed by atoms with E-state index in [0.717, 1.165) is 5.56 Å². The fourth-order valence-electron chi connectivity index (χ4n) is 1.73. The molecule has 0 fully saturated rings. The third-order valence-electron chi connectivity index (χ3n) is 3.07. The van der Waals surface area contributed by atoms with Gasteiger partial charge in [-0.3, -0.25) is 0 Å². The molecule has 0 spiro atoms. The van der Waals surface area contributed by atoms with E-state index in [1.807, 2.05) is 32.0 Å². The predicted octanol–water partition coefficient (Wildman–Crippen LogP) is 2.87. The van der Waals surface area contributed by atoms with Gasteiger partial charge in [-0.2, -0.15) is 4.98 Å². The summed E-state index contributed by atoms with van der Waals surface area (Å²) in [6.07, 6.45) is 0. The smallest absolute Gasteiger partial charge is 0.244 e. The van der Waals surface area contributed by atoms with Crippen molar-refractivity contribution in [3.63, 3.8) is 0 Å². The lowest BCUT2D eigenvalue weighted by atomic mass is 10.2. The van der Waals surface area contributed by atoms with Crippen LogP contribution in [0.3, 0.4) is 0 Å². The molecule has 6 heteroatoms. The summed E-state index contributed by atoms with van der Waals surface area (Å²) in [4.78, 5) is 4.16. The Morgan fingerprint density at radius 1 is 1.15 bits per heavy atom. The molecule has 0 radical (unpaired) electrons. The average Bonchev–Trinajstić information content (AvgIpc) is 2.88. The van der Waals surface area contributed by atoms with E-state index in [9.17, 15) is 8.42 Å². The molecule has 108 valence electrons. The van der Waals surface area contributed by atoms with E-state index in [1.54, 1.807) is 19.1 Å². The molecule has 0 aliphatic carbocycles. The molecule has 20 heavy (non-hydrogen) atoms. The van der Waals surface area contributed by atoms with Crippen LogP contribution < -0.4 is 0 Å². The van der Waals surface area contributed by atoms with Crippen molar-refractivity contribution in [2.24, 2.45) is 0 Å². The van der Waals surface area contributed by atoms with Gasteiger partial charge < -0.3 is 4.52 Å². The second-order valence-electron chi connectivity index (χ2n) is 5.08. The van der Waals surface area contributed by atoms with Gasteiger partial charge in [-0.15, -0.1) is 0 Å². The molecule has 0 saturated heterocycles. The Balaban J connectivity index is 2.20. The van der Waals surface area contributed by atoms with Crippen LogP contribution in [0.5, 0.6) is 0 Å². The molecule has 1 aromatic carbocycles. The molecular weight excluding hydrogens is 276 g/mol. The number of aromatic nitrogens is 2. The molecule has 0 bridgehead atoms. The van der Waals surface area contributed by atoms with Crippen molar-refractivity contribution < 1.29 is 12.9 Å². The summed E-state index contributed by atoms with van der Waals surface area (Å²) in [6, 6.07) is 9.07. The van der Waals surface area contributed by atoms with Gasteiger partial charge in [-0.05, 0) is 12.5 Å². The minimum absolute atomic E-state index is 0.0333. The lowest BCUT2D eigenvalue weighted by Crippen LogP contribution is -2.13. The minimum Gasteiger partial charge on any atom is -0.338 e. The van der Waals surface area contributed by atoms with E-state index in [-0.39, 0.29) is 17.6 Å². The molecule has 2 rings (SSSR count). The maximum Gasteiger partial charge on any atom is 0.244 e. The topological polar surface area (TPSA) is 73.1 Å². The van der Waals surface area contributed by atoms with Gasteiger partial charge in [-0.25, -0.2) is 8.42 Å². The Labute approximate surface area is 118 Å². The SMILES string of the molecule is CC(C)c1noc([C@H](C)S(=O)(=O)Cc2ccccc2)n1. The van der Waals surface area contributed by atoms with Gasteiger partial charge in [0.1, 0.15) is 5.25 Å². The summed E-state index contributed by atoms with van der Waals surface area (Å²) in [6.45, 7) is 5.44. The summed E-state index contributed by atoms with van der Waals surface area (Å²) in [5, 5.41) is 3.00. The third kappa shape index (κ3) is 3.25. The summed E-state index contributed by atoms with van der Waals surface area (Å²) in [5.41, 5.74) is 0.753. The molecule has 2 aromatic rings. The molecule has 0 aliphatic heterocycles. The fourth-order valence-corrected chi connectivity index (χ4v) is 3.04. The number of sulfone groups is 1. The van der Waals surface area contributed by atoms with E-state index < -0.39 is 15.1 Å². The Bertz CT molecular complexity index is 663. The van der Waals surface area contributed by atoms with E-state index in [2.05, 4.69) is 10.1 Å². The Hall–Kier alpha value is -1.69. The van der Waals surface area contributed by atoms with Crippen LogP contribution in [-0.4, -0.2) is 18.6 Å². The molecule has 0 aliphatic rings. The van der Waals surface area contributed by atoms with E-state index in [1.165, 1.54) is 0 Å². The first-order valence-electron chi connectivity index (χ1n) is 6.49. The number of benzene rings is 1. The number of rotatable bonds is 5. The zero-order valence-corrected chi connectivity index (χ0v) is 12.6. The summed E-state index contributed by atoms with van der Waals surface area (Å²) >= 11 is 0. The van der Waals surface area contributed by atoms with E-state index in [4.69, 9.17) is 4.52 Å². The first kappa shape index (κ1) is 14.7. The van der Waals surface area contributed by atoms with Gasteiger partial charge in [-0.1, -0.05) is 49.3 Å². The molecular formula is C14H18N2O3S. The largest absolute Gasteiger partial charge is 0.338 e. The molecule has 1 atom stereocenters. The average molecular weight is 294 g/mol. The van der Waals surface area contributed by atoms with Crippen molar-refractivity contribution in [3.05, 3.63) is 47.6 Å². The normalized spacial score (nSPS) is 13.6. The van der Waals surface area contributed by atoms with E-state index >= 15 is 0 Å². The maximum atomic E-state index is 12.4. The lowest BCUT2D eigenvalue weighted by Gasteiger charge is -2.08. The molecule has 5 nitrogen and oxygen atoms in total. The second-order valence-corrected chi connectivity index (χ2v) is 7.40. The molecule has 0 amide bonds. The van der Waals surface area contributed by atoms with Crippen molar-refractivity contribution in [1.82, 2.24) is 10.1 Å². The van der Waals surface area contributed by atoms with Crippen molar-refractivity contribution in [1.29, 1.82) is 0 Å². The quantitative estimate of drug-likeness (QED) is 0.847. The summed E-state index contributed by atoms with van der Waals surface area (Å²) in [7, 11) is -3.38. The highest BCUT2D eigenvalue weighted by Gasteiger charge is 2.28. The van der Waals surface area contributed by atoms with Gasteiger partial charge in [0.2, 0.25) is 5.89 Å². The molecule has 1 heterocycles. The second kappa shape index (κ2) is 5.75. The zero-order chi connectivity index (χ0) is 14.8. The maximum absolute atomic E-state index is 12.4. The van der Waals surface area contributed by atoms with Crippen LogP contribution in [0.1, 0.15) is 49.2 Å². The van der Waals surface area contributed by atoms with Gasteiger partial charge in [0.05, 0.1) is 5.75 Å². The third-order valence-corrected chi connectivity index (χ3v) is 5.09. The molecule has 1 aromatic heterocycles. The highest BCUT2D eigenvalue weighted by Crippen LogP contribution is 2.25. The number of hydrogen-bond acceptors (Lipinski definition) is 5. The Kier molecular flexibility index (Phi) is 4.23. The molecule has 0 saturated carbocycles. The van der Waals surface area contributed by atoms with Crippen molar-refractivity contribution in [3.8, 4) is 0 Å². The van der Waals surface area contributed by atoms with Crippen molar-refractivity contribution in [2.75, 3.05) is 0 Å². The zero-order valence-electron chi connectivity index (χ0n) is 11.8. The van der Waals surface area contributed by atoms with Gasteiger partial charge in [0, 0.05) is 5.92 Å². The van der Waals surface area contributed by atoms with Crippen LogP contribution >= 0.6 is 0 Å². The summed E-state index contributed by atoms with van der Waals surface area (Å²) in [5.74, 6) is 0.761. The van der Waals surface area contributed by atoms with Crippen LogP contribution in [0.2, 0.25) is 0 Å². The summed E-state index contributed by atoms with van der Waals surface area (Å²) < 4.78 is 29.8. The van der Waals surface area contributed by atoms with Crippen LogP contribution in [0, 0.1) is 0 Å². The Morgan fingerprint density at radius 2 is 1.80 bits per heavy atom. The van der Waals surface area contributed by atoms with Gasteiger partial charge in [0.15, 0.2) is 15.7 Å². The number of nitrogens with zero attached hydrogens (tertiary/aromatic N) is 2. The highest BCUT2D eigenvalue weighted by molar-refractivity contribution is 7.90. The number of hydrogen-bond donors (Lipinski definition) is 0. The van der Waals surface area contributed by atoms with Crippen LogP contribution in [0.4, 0.5) is 0 Å². The minimum atomic E-state index is -3.38. The van der Waals surface area contributed by atoms with Crippen LogP contribution in [0.15, 0.2) is 34.9 Å². The van der Waals surface area contributed by atoms with Crippen molar-refractivity contribution in [2.45, 2.75) is 37.7 Å². The fraction of sp³-hybridized carbons (Fsp3) is 0.429. The first-order valence-corrected chi connectivity index (χ1v) is 8.20. The predicted molar refractivity (Wildman–Crippen MR) is 75.9 cm³/mol. The van der Waals surface area contributed by atoms with E-state index in [0.29, 0.717) is 5.82 Å². The highest BCUT2D eigenvalue weighted by atomic mass is 32.2. The monoisotopic (exact) mass is 294 g/mol. The van der Waals surface area contributed by atoms with Gasteiger partial charge >= 0.3 is 0 Å². The standard InChI is InChI=1S/C14H18N2O3S/c1-10(2)13-15-14(19-16-13)11(3)20(17,18)9-12-7-5-4-6-8-12/h4-8,10-11H,9H2,1-3H3/t11-/m0/s1.